The maximum Gasteiger partial charge on any atom is 0.231 e. The lowest BCUT2D eigenvalue weighted by molar-refractivity contribution is -0.119. The molecule has 0 bridgehead atoms. The van der Waals surface area contributed by atoms with Crippen molar-refractivity contribution < 1.29 is 23.8 Å². The molecule has 1 amide bonds. The molecule has 0 fully saturated rings. The third-order valence-electron chi connectivity index (χ3n) is 6.85. The molecule has 9 heteroatoms. The minimum atomic E-state index is -0.495. The van der Waals surface area contributed by atoms with Crippen molar-refractivity contribution >= 4 is 23.5 Å². The Hall–Kier alpha value is -3.90. The summed E-state index contributed by atoms with van der Waals surface area (Å²) in [7, 11) is 1.60. The van der Waals surface area contributed by atoms with Gasteiger partial charge in [-0.15, -0.1) is 0 Å². The van der Waals surface area contributed by atoms with Gasteiger partial charge in [0.2, 0.25) is 12.7 Å². The normalized spacial score (nSPS) is 19.4. The van der Waals surface area contributed by atoms with Gasteiger partial charge < -0.3 is 24.8 Å². The molecule has 196 valence electrons. The molecule has 0 spiro atoms. The first-order valence-electron chi connectivity index (χ1n) is 12.4. The van der Waals surface area contributed by atoms with Gasteiger partial charge in [-0.1, -0.05) is 43.8 Å². The summed E-state index contributed by atoms with van der Waals surface area (Å²) in [4.78, 5) is 26.1. The summed E-state index contributed by atoms with van der Waals surface area (Å²) >= 11 is 1.28. The molecular weight excluding hydrogens is 502 g/mol. The number of ketones is 1. The lowest BCUT2D eigenvalue weighted by Gasteiger charge is -2.39. The standard InChI is InChI=1S/C29H29N3O5S/c1-29(2)11-21-27(22(33)12-29)26(18-5-7-19(35-3)8-6-18)20(13-30)28(32-21)38-15-25(34)31-14-17-4-9-23-24(10-17)37-16-36-23/h4-10,26,32H,11-12,14-16H2,1-3H3,(H,31,34). The lowest BCUT2D eigenvalue weighted by atomic mass is 9.69. The molecule has 3 aliphatic rings. The fourth-order valence-corrected chi connectivity index (χ4v) is 5.95. The number of nitriles is 1. The van der Waals surface area contributed by atoms with Crippen LogP contribution in [0.2, 0.25) is 0 Å². The largest absolute Gasteiger partial charge is 0.497 e. The predicted molar refractivity (Wildman–Crippen MR) is 143 cm³/mol. The third-order valence-corrected chi connectivity index (χ3v) is 7.87. The molecule has 0 saturated carbocycles. The molecule has 0 radical (unpaired) electrons. The highest BCUT2D eigenvalue weighted by Gasteiger charge is 2.42. The Morgan fingerprint density at radius 2 is 1.95 bits per heavy atom. The number of fused-ring (bicyclic) bond motifs is 1. The van der Waals surface area contributed by atoms with E-state index in [2.05, 4.69) is 30.6 Å². The second-order valence-electron chi connectivity index (χ2n) is 10.3. The van der Waals surface area contributed by atoms with E-state index in [1.165, 1.54) is 11.8 Å². The van der Waals surface area contributed by atoms with Crippen molar-refractivity contribution in [2.75, 3.05) is 19.7 Å². The van der Waals surface area contributed by atoms with Crippen LogP contribution in [0.4, 0.5) is 0 Å². The Bertz CT molecular complexity index is 1390. The van der Waals surface area contributed by atoms with Crippen molar-refractivity contribution in [1.82, 2.24) is 10.6 Å². The molecule has 1 atom stereocenters. The number of carbonyl (C=O) groups excluding carboxylic acids is 2. The number of methoxy groups -OCH3 is 1. The van der Waals surface area contributed by atoms with Crippen LogP contribution in [0.5, 0.6) is 17.2 Å². The number of nitrogens with zero attached hydrogens (tertiary/aromatic N) is 1. The molecule has 0 saturated heterocycles. The number of nitrogens with one attached hydrogen (secondary N) is 2. The lowest BCUT2D eigenvalue weighted by Crippen LogP contribution is -2.37. The summed E-state index contributed by atoms with van der Waals surface area (Å²) < 4.78 is 16.0. The van der Waals surface area contributed by atoms with Crippen LogP contribution in [0, 0.1) is 16.7 Å². The first-order valence-corrected chi connectivity index (χ1v) is 13.4. The van der Waals surface area contributed by atoms with E-state index in [-0.39, 0.29) is 29.7 Å². The van der Waals surface area contributed by atoms with Gasteiger partial charge in [0.25, 0.3) is 0 Å². The van der Waals surface area contributed by atoms with E-state index in [0.717, 1.165) is 16.8 Å². The number of allylic oxidation sites excluding steroid dienone is 3. The van der Waals surface area contributed by atoms with Crippen LogP contribution in [-0.4, -0.2) is 31.3 Å². The van der Waals surface area contributed by atoms with Gasteiger partial charge in [0, 0.05) is 24.2 Å². The van der Waals surface area contributed by atoms with Gasteiger partial charge in [0.05, 0.1) is 35.5 Å². The maximum absolute atomic E-state index is 13.3. The Kier molecular flexibility index (Phi) is 7.09. The van der Waals surface area contributed by atoms with Gasteiger partial charge in [-0.05, 0) is 47.2 Å². The number of amides is 1. The molecule has 1 unspecified atom stereocenters. The van der Waals surface area contributed by atoms with E-state index in [0.29, 0.717) is 52.8 Å². The van der Waals surface area contributed by atoms with E-state index in [1.807, 2.05) is 42.5 Å². The van der Waals surface area contributed by atoms with E-state index >= 15 is 0 Å². The molecule has 5 rings (SSSR count). The van der Waals surface area contributed by atoms with Crippen molar-refractivity contribution in [2.45, 2.75) is 39.2 Å². The second kappa shape index (κ2) is 10.5. The molecule has 2 heterocycles. The number of carbonyl (C=O) groups is 2. The minimum Gasteiger partial charge on any atom is -0.497 e. The number of hydrogen-bond donors (Lipinski definition) is 2. The summed E-state index contributed by atoms with van der Waals surface area (Å²) in [5.41, 5.74) is 3.45. The van der Waals surface area contributed by atoms with Crippen LogP contribution >= 0.6 is 11.8 Å². The van der Waals surface area contributed by atoms with E-state index < -0.39 is 5.92 Å². The highest BCUT2D eigenvalue weighted by Crippen LogP contribution is 2.48. The number of Topliss-reactive ketones (excluding diaryl/α,β-unsaturated/α-hetero) is 1. The van der Waals surface area contributed by atoms with Crippen molar-refractivity contribution in [3.8, 4) is 23.3 Å². The monoisotopic (exact) mass is 531 g/mol. The van der Waals surface area contributed by atoms with Crippen LogP contribution < -0.4 is 24.8 Å². The molecule has 1 aliphatic carbocycles. The van der Waals surface area contributed by atoms with E-state index in [4.69, 9.17) is 14.2 Å². The molecule has 2 aromatic carbocycles. The van der Waals surface area contributed by atoms with Crippen molar-refractivity contribution in [1.29, 1.82) is 5.26 Å². The van der Waals surface area contributed by atoms with Gasteiger partial charge in [-0.3, -0.25) is 9.59 Å². The molecule has 2 aliphatic heterocycles. The summed E-state index contributed by atoms with van der Waals surface area (Å²) in [6.45, 7) is 4.68. The molecule has 2 N–H and O–H groups in total. The maximum atomic E-state index is 13.3. The predicted octanol–water partition coefficient (Wildman–Crippen LogP) is 4.54. The number of ether oxygens (including phenoxy) is 3. The number of dihydropyridines is 1. The number of hydrogen-bond acceptors (Lipinski definition) is 8. The fourth-order valence-electron chi connectivity index (χ4n) is 5.06. The zero-order chi connectivity index (χ0) is 26.9. The topological polar surface area (TPSA) is 110 Å². The summed E-state index contributed by atoms with van der Waals surface area (Å²) in [5.74, 6) is 1.56. The van der Waals surface area contributed by atoms with E-state index in [1.54, 1.807) is 7.11 Å². The quantitative estimate of drug-likeness (QED) is 0.536. The average molecular weight is 532 g/mol. The molecule has 2 aromatic rings. The van der Waals surface area contributed by atoms with E-state index in [9.17, 15) is 14.9 Å². The molecule has 0 aromatic heterocycles. The Labute approximate surface area is 226 Å². The molecule has 8 nitrogen and oxygen atoms in total. The number of rotatable bonds is 7. The van der Waals surface area contributed by atoms with Crippen molar-refractivity contribution in [3.05, 3.63) is 75.5 Å². The van der Waals surface area contributed by atoms with Crippen LogP contribution in [0.1, 0.15) is 43.7 Å². The Balaban J connectivity index is 1.36. The second-order valence-corrected chi connectivity index (χ2v) is 11.3. The highest BCUT2D eigenvalue weighted by atomic mass is 32.2. The first-order chi connectivity index (χ1) is 18.3. The molecule has 38 heavy (non-hydrogen) atoms. The van der Waals surface area contributed by atoms with Crippen molar-refractivity contribution in [2.24, 2.45) is 5.41 Å². The van der Waals surface area contributed by atoms with Crippen LogP contribution in [0.3, 0.4) is 0 Å². The first kappa shape index (κ1) is 25.7. The SMILES string of the molecule is COc1ccc(C2C(C#N)=C(SCC(=O)NCc3ccc4c(c3)OCO4)NC3=C2C(=O)CC(C)(C)C3)cc1. The summed E-state index contributed by atoms with van der Waals surface area (Å²) in [5, 5.41) is 17.1. The minimum absolute atomic E-state index is 0.0443. The highest BCUT2D eigenvalue weighted by molar-refractivity contribution is 8.03. The summed E-state index contributed by atoms with van der Waals surface area (Å²) in [6.07, 6.45) is 1.10. The van der Waals surface area contributed by atoms with Gasteiger partial charge >= 0.3 is 0 Å². The third kappa shape index (κ3) is 5.22. The van der Waals surface area contributed by atoms with Crippen LogP contribution in [-0.2, 0) is 16.1 Å². The smallest absolute Gasteiger partial charge is 0.231 e. The van der Waals surface area contributed by atoms with Crippen LogP contribution in [0.15, 0.2) is 64.3 Å². The van der Waals surface area contributed by atoms with Gasteiger partial charge in [0.15, 0.2) is 17.3 Å². The summed E-state index contributed by atoms with van der Waals surface area (Å²) in [6, 6.07) is 15.3. The average Bonchev–Trinajstić information content (AvgIpc) is 3.37. The fraction of sp³-hybridized carbons (Fsp3) is 0.345. The van der Waals surface area contributed by atoms with Gasteiger partial charge in [-0.25, -0.2) is 0 Å². The van der Waals surface area contributed by atoms with Crippen LogP contribution in [0.25, 0.3) is 0 Å². The van der Waals surface area contributed by atoms with Gasteiger partial charge in [0.1, 0.15) is 5.75 Å². The molecular formula is C29H29N3O5S. The zero-order valence-electron chi connectivity index (χ0n) is 21.6. The zero-order valence-corrected chi connectivity index (χ0v) is 22.4. The number of thioether (sulfide) groups is 1. The Morgan fingerprint density at radius 1 is 1.18 bits per heavy atom. The Morgan fingerprint density at radius 3 is 2.68 bits per heavy atom. The van der Waals surface area contributed by atoms with Gasteiger partial charge in [-0.2, -0.15) is 5.26 Å². The van der Waals surface area contributed by atoms with Crippen molar-refractivity contribution in [3.63, 3.8) is 0 Å². The number of benzene rings is 2.